The van der Waals surface area contributed by atoms with Crippen molar-refractivity contribution >= 4 is 0 Å². The molecule has 0 saturated heterocycles. The molecule has 0 bridgehead atoms. The van der Waals surface area contributed by atoms with Crippen LogP contribution in [0.4, 0.5) is 0 Å². The lowest BCUT2D eigenvalue weighted by Gasteiger charge is -2.24. The van der Waals surface area contributed by atoms with E-state index in [-0.39, 0.29) is 18.1 Å². The van der Waals surface area contributed by atoms with E-state index in [1.54, 1.807) is 0 Å². The van der Waals surface area contributed by atoms with Crippen LogP contribution < -0.4 is 0 Å². The highest BCUT2D eigenvalue weighted by Gasteiger charge is 2.17. The zero-order chi connectivity index (χ0) is 8.91. The molecule has 0 aromatic rings. The zero-order valence-corrected chi connectivity index (χ0v) is 8.05. The van der Waals surface area contributed by atoms with E-state index < -0.39 is 0 Å². The first kappa shape index (κ1) is 10.9. The second-order valence-electron chi connectivity index (χ2n) is 4.02. The van der Waals surface area contributed by atoms with E-state index in [0.717, 1.165) is 6.42 Å². The molecule has 0 aromatic heterocycles. The van der Waals surface area contributed by atoms with Gasteiger partial charge in [0, 0.05) is 6.61 Å². The molecule has 1 unspecified atom stereocenters. The first-order chi connectivity index (χ1) is 4.99. The van der Waals surface area contributed by atoms with Crippen LogP contribution in [0.5, 0.6) is 0 Å². The predicted molar refractivity (Wildman–Crippen MR) is 46.6 cm³/mol. The van der Waals surface area contributed by atoms with Gasteiger partial charge in [0.15, 0.2) is 0 Å². The van der Waals surface area contributed by atoms with E-state index in [1.165, 1.54) is 0 Å². The Kier molecular flexibility index (Phi) is 4.69. The number of aliphatic hydroxyl groups excluding tert-OH is 1. The van der Waals surface area contributed by atoms with Gasteiger partial charge in [0.2, 0.25) is 0 Å². The summed E-state index contributed by atoms with van der Waals surface area (Å²) in [4.78, 5) is 0. The van der Waals surface area contributed by atoms with E-state index in [9.17, 15) is 0 Å². The minimum Gasteiger partial charge on any atom is -0.394 e. The number of ether oxygens (including phenoxy) is 1. The fraction of sp³-hybridized carbons (Fsp3) is 1.00. The Morgan fingerprint density at radius 3 is 2.18 bits per heavy atom. The standard InChI is InChI=1S/C9H20O2/c1-5-11-8(7-10)6-9(2,3)4/h8,10H,5-7H2,1-4H3. The summed E-state index contributed by atoms with van der Waals surface area (Å²) in [6, 6.07) is 0. The molecule has 0 aliphatic rings. The molecule has 0 aliphatic carbocycles. The predicted octanol–water partition coefficient (Wildman–Crippen LogP) is 1.82. The smallest absolute Gasteiger partial charge is 0.0810 e. The third-order valence-corrected chi connectivity index (χ3v) is 1.45. The van der Waals surface area contributed by atoms with Gasteiger partial charge >= 0.3 is 0 Å². The minimum absolute atomic E-state index is 0.0139. The molecule has 0 aliphatic heterocycles. The van der Waals surface area contributed by atoms with Crippen molar-refractivity contribution in [3.05, 3.63) is 0 Å². The first-order valence-electron chi connectivity index (χ1n) is 4.22. The molecule has 0 heterocycles. The second kappa shape index (κ2) is 4.73. The normalized spacial score (nSPS) is 15.0. The Morgan fingerprint density at radius 1 is 1.36 bits per heavy atom. The van der Waals surface area contributed by atoms with Crippen molar-refractivity contribution in [2.45, 2.75) is 40.2 Å². The lowest BCUT2D eigenvalue weighted by atomic mass is 9.89. The summed E-state index contributed by atoms with van der Waals surface area (Å²) >= 11 is 0. The Morgan fingerprint density at radius 2 is 1.91 bits per heavy atom. The summed E-state index contributed by atoms with van der Waals surface area (Å²) in [5, 5.41) is 8.90. The van der Waals surface area contributed by atoms with Crippen LogP contribution in [0.1, 0.15) is 34.1 Å². The molecule has 2 nitrogen and oxygen atoms in total. The van der Waals surface area contributed by atoms with Gasteiger partial charge in [-0.2, -0.15) is 0 Å². The Labute approximate surface area is 69.6 Å². The molecule has 1 N–H and O–H groups in total. The molecule has 1 atom stereocenters. The monoisotopic (exact) mass is 160 g/mol. The lowest BCUT2D eigenvalue weighted by Crippen LogP contribution is -2.24. The van der Waals surface area contributed by atoms with Gasteiger partial charge in [-0.25, -0.2) is 0 Å². The van der Waals surface area contributed by atoms with Gasteiger partial charge in [0.1, 0.15) is 0 Å². The number of hydrogen-bond donors (Lipinski definition) is 1. The van der Waals surface area contributed by atoms with Crippen LogP contribution in [0.15, 0.2) is 0 Å². The van der Waals surface area contributed by atoms with Gasteiger partial charge < -0.3 is 9.84 Å². The van der Waals surface area contributed by atoms with Crippen LogP contribution in [0, 0.1) is 5.41 Å². The van der Waals surface area contributed by atoms with Gasteiger partial charge in [-0.05, 0) is 18.8 Å². The molecular formula is C9H20O2. The fourth-order valence-corrected chi connectivity index (χ4v) is 1.09. The van der Waals surface area contributed by atoms with Crippen molar-refractivity contribution in [3.63, 3.8) is 0 Å². The zero-order valence-electron chi connectivity index (χ0n) is 8.05. The molecule has 11 heavy (non-hydrogen) atoms. The molecule has 0 saturated carbocycles. The SMILES string of the molecule is CCOC(CO)CC(C)(C)C. The average Bonchev–Trinajstić information content (AvgIpc) is 1.84. The fourth-order valence-electron chi connectivity index (χ4n) is 1.09. The third-order valence-electron chi connectivity index (χ3n) is 1.45. The van der Waals surface area contributed by atoms with Crippen LogP contribution >= 0.6 is 0 Å². The van der Waals surface area contributed by atoms with E-state index in [4.69, 9.17) is 9.84 Å². The molecule has 0 radical (unpaired) electrons. The Hall–Kier alpha value is -0.0800. The van der Waals surface area contributed by atoms with Crippen molar-refractivity contribution in [1.29, 1.82) is 0 Å². The van der Waals surface area contributed by atoms with Gasteiger partial charge in [-0.1, -0.05) is 20.8 Å². The van der Waals surface area contributed by atoms with E-state index >= 15 is 0 Å². The molecule has 0 spiro atoms. The van der Waals surface area contributed by atoms with Crippen LogP contribution in [0.25, 0.3) is 0 Å². The summed E-state index contributed by atoms with van der Waals surface area (Å²) in [5.74, 6) is 0. The molecule has 0 rings (SSSR count). The summed E-state index contributed by atoms with van der Waals surface area (Å²) in [5.41, 5.74) is 0.239. The maximum absolute atomic E-state index is 8.90. The van der Waals surface area contributed by atoms with E-state index in [2.05, 4.69) is 20.8 Å². The number of hydrogen-bond acceptors (Lipinski definition) is 2. The molecule has 0 amide bonds. The second-order valence-corrected chi connectivity index (χ2v) is 4.02. The molecule has 2 heteroatoms. The van der Waals surface area contributed by atoms with Gasteiger partial charge in [0.25, 0.3) is 0 Å². The highest BCUT2D eigenvalue weighted by atomic mass is 16.5. The van der Waals surface area contributed by atoms with Crippen LogP contribution in [-0.4, -0.2) is 24.4 Å². The van der Waals surface area contributed by atoms with Crippen LogP contribution in [-0.2, 0) is 4.74 Å². The topological polar surface area (TPSA) is 29.5 Å². The van der Waals surface area contributed by atoms with E-state index in [1.807, 2.05) is 6.92 Å². The largest absolute Gasteiger partial charge is 0.394 e. The molecule has 68 valence electrons. The van der Waals surface area contributed by atoms with Crippen molar-refractivity contribution in [2.24, 2.45) is 5.41 Å². The number of aliphatic hydroxyl groups is 1. The van der Waals surface area contributed by atoms with Gasteiger partial charge in [0.05, 0.1) is 12.7 Å². The Balaban J connectivity index is 3.68. The van der Waals surface area contributed by atoms with E-state index in [0.29, 0.717) is 6.61 Å². The third kappa shape index (κ3) is 6.32. The van der Waals surface area contributed by atoms with Gasteiger partial charge in [-0.15, -0.1) is 0 Å². The lowest BCUT2D eigenvalue weighted by molar-refractivity contribution is -0.00357. The highest BCUT2D eigenvalue weighted by molar-refractivity contribution is 4.68. The molecule has 0 aromatic carbocycles. The summed E-state index contributed by atoms with van der Waals surface area (Å²) in [6.45, 7) is 9.20. The van der Waals surface area contributed by atoms with Crippen LogP contribution in [0.3, 0.4) is 0 Å². The average molecular weight is 160 g/mol. The molecule has 0 fully saturated rings. The van der Waals surface area contributed by atoms with Gasteiger partial charge in [-0.3, -0.25) is 0 Å². The van der Waals surface area contributed by atoms with Crippen molar-refractivity contribution in [3.8, 4) is 0 Å². The quantitative estimate of drug-likeness (QED) is 0.679. The van der Waals surface area contributed by atoms with Crippen molar-refractivity contribution in [1.82, 2.24) is 0 Å². The number of rotatable bonds is 4. The summed E-state index contributed by atoms with van der Waals surface area (Å²) in [6.07, 6.45) is 0.928. The van der Waals surface area contributed by atoms with Crippen molar-refractivity contribution < 1.29 is 9.84 Å². The highest BCUT2D eigenvalue weighted by Crippen LogP contribution is 2.21. The maximum Gasteiger partial charge on any atom is 0.0810 e. The first-order valence-corrected chi connectivity index (χ1v) is 4.22. The minimum atomic E-state index is 0.0139. The molecular weight excluding hydrogens is 140 g/mol. The maximum atomic E-state index is 8.90. The van der Waals surface area contributed by atoms with Crippen LogP contribution in [0.2, 0.25) is 0 Å². The summed E-state index contributed by atoms with van der Waals surface area (Å²) < 4.78 is 5.32. The van der Waals surface area contributed by atoms with Crippen molar-refractivity contribution in [2.75, 3.05) is 13.2 Å². The summed E-state index contributed by atoms with van der Waals surface area (Å²) in [7, 11) is 0. The Bertz CT molecular complexity index is 94.2.